The molecule has 0 radical (unpaired) electrons. The second-order valence-corrected chi connectivity index (χ2v) is 9.62. The van der Waals surface area contributed by atoms with Crippen LogP contribution in [-0.2, 0) is 0 Å². The van der Waals surface area contributed by atoms with Gasteiger partial charge in [-0.3, -0.25) is 4.90 Å². The van der Waals surface area contributed by atoms with Gasteiger partial charge in [0, 0.05) is 36.3 Å². The van der Waals surface area contributed by atoms with E-state index in [9.17, 15) is 10.2 Å². The van der Waals surface area contributed by atoms with Crippen molar-refractivity contribution in [3.8, 4) is 23.0 Å². The fraction of sp³-hybridized carbons (Fsp3) is 0.333. The molecule has 0 amide bonds. The molecule has 1 fully saturated rings. The molecular formula is C30H33NO4. The molecule has 5 heteroatoms. The highest BCUT2D eigenvalue weighted by atomic mass is 16.5. The quantitative estimate of drug-likeness (QED) is 0.430. The van der Waals surface area contributed by atoms with Gasteiger partial charge in [0.25, 0.3) is 0 Å². The van der Waals surface area contributed by atoms with Crippen LogP contribution in [0.25, 0.3) is 11.1 Å². The molecule has 3 aromatic carbocycles. The molecule has 35 heavy (non-hydrogen) atoms. The van der Waals surface area contributed by atoms with Crippen molar-refractivity contribution in [2.45, 2.75) is 33.3 Å². The van der Waals surface area contributed by atoms with Gasteiger partial charge in [0.05, 0.1) is 0 Å². The van der Waals surface area contributed by atoms with Crippen LogP contribution in [0.5, 0.6) is 23.0 Å². The predicted octanol–water partition coefficient (Wildman–Crippen LogP) is 6.19. The normalized spacial score (nSPS) is 18.1. The molecule has 2 heterocycles. The summed E-state index contributed by atoms with van der Waals surface area (Å²) in [6.45, 7) is 10.2. The Balaban J connectivity index is 1.41. The van der Waals surface area contributed by atoms with E-state index in [1.54, 1.807) is 18.2 Å². The third-order valence-electron chi connectivity index (χ3n) is 7.31. The second kappa shape index (κ2) is 9.67. The molecule has 0 unspecified atom stereocenters. The number of rotatable bonds is 7. The second-order valence-electron chi connectivity index (χ2n) is 9.62. The molecular weight excluding hydrogens is 438 g/mol. The van der Waals surface area contributed by atoms with Crippen LogP contribution in [0.1, 0.15) is 48.6 Å². The van der Waals surface area contributed by atoms with Crippen LogP contribution in [0.3, 0.4) is 0 Å². The number of likely N-dealkylation sites (tertiary alicyclic amines) is 1. The number of hydrogen-bond donors (Lipinski definition) is 2. The highest BCUT2D eigenvalue weighted by Crippen LogP contribution is 2.49. The van der Waals surface area contributed by atoms with Crippen molar-refractivity contribution in [1.29, 1.82) is 0 Å². The maximum absolute atomic E-state index is 10.3. The van der Waals surface area contributed by atoms with Crippen LogP contribution >= 0.6 is 0 Å². The molecule has 1 saturated heterocycles. The molecule has 5 rings (SSSR count). The molecule has 5 nitrogen and oxygen atoms in total. The molecule has 1 atom stereocenters. The van der Waals surface area contributed by atoms with E-state index in [4.69, 9.17) is 9.47 Å². The zero-order valence-electron chi connectivity index (χ0n) is 20.6. The lowest BCUT2D eigenvalue weighted by atomic mass is 9.84. The fourth-order valence-electron chi connectivity index (χ4n) is 5.18. The third kappa shape index (κ3) is 4.61. The summed E-state index contributed by atoms with van der Waals surface area (Å²) in [4.78, 5) is 2.44. The number of aromatic hydroxyl groups is 2. The zero-order chi connectivity index (χ0) is 24.5. The number of nitrogens with zero attached hydrogens (tertiary/aromatic N) is 1. The van der Waals surface area contributed by atoms with E-state index in [1.807, 2.05) is 49.4 Å². The Morgan fingerprint density at radius 1 is 1.00 bits per heavy atom. The minimum absolute atomic E-state index is 0.205. The Kier molecular flexibility index (Phi) is 6.44. The number of fused-ring (bicyclic) bond motifs is 1. The molecule has 2 N–H and O–H groups in total. The first kappa shape index (κ1) is 23.3. The van der Waals surface area contributed by atoms with Crippen molar-refractivity contribution in [2.24, 2.45) is 5.92 Å². The van der Waals surface area contributed by atoms with E-state index in [-0.39, 0.29) is 17.6 Å². The molecule has 0 aromatic heterocycles. The standard InChI is InChI=1S/C30H33NO4/c1-4-21-17-31(18-21)14-15-34-25-10-8-22(9-11-25)30-29(23-6-5-7-24(32)16-23)20(3)28-19(2)26(33)12-13-27(28)35-30/h5-13,16,21,30,32-33H,4,14-15,17-18H2,1-3H3/t30-/m0/s1. The number of phenolic OH excluding ortho intramolecular Hbond substituents is 2. The summed E-state index contributed by atoms with van der Waals surface area (Å²) in [5.74, 6) is 2.88. The Bertz CT molecular complexity index is 1240. The number of ether oxygens (including phenoxy) is 2. The molecule has 0 spiro atoms. The lowest BCUT2D eigenvalue weighted by molar-refractivity contribution is 0.0806. The van der Waals surface area contributed by atoms with Crippen molar-refractivity contribution in [1.82, 2.24) is 4.90 Å². The monoisotopic (exact) mass is 471 g/mol. The number of hydrogen-bond acceptors (Lipinski definition) is 5. The van der Waals surface area contributed by atoms with Crippen molar-refractivity contribution >= 4 is 11.1 Å². The Morgan fingerprint density at radius 3 is 2.49 bits per heavy atom. The lowest BCUT2D eigenvalue weighted by Gasteiger charge is -2.38. The molecule has 3 aromatic rings. The van der Waals surface area contributed by atoms with Crippen LogP contribution in [0.15, 0.2) is 60.7 Å². The maximum atomic E-state index is 10.3. The maximum Gasteiger partial charge on any atom is 0.150 e. The first-order chi connectivity index (χ1) is 16.9. The van der Waals surface area contributed by atoms with Crippen LogP contribution in [0.4, 0.5) is 0 Å². The summed E-state index contributed by atoms with van der Waals surface area (Å²) in [5, 5.41) is 20.5. The smallest absolute Gasteiger partial charge is 0.150 e. The van der Waals surface area contributed by atoms with Crippen molar-refractivity contribution in [2.75, 3.05) is 26.2 Å². The molecule has 2 aliphatic heterocycles. The molecule has 0 saturated carbocycles. The average Bonchev–Trinajstić information content (AvgIpc) is 2.83. The van der Waals surface area contributed by atoms with E-state index >= 15 is 0 Å². The number of allylic oxidation sites excluding steroid dienone is 1. The SMILES string of the molecule is CCC1CN(CCOc2ccc([C@@H]3Oc4ccc(O)c(C)c4C(C)=C3c3cccc(O)c3)cc2)C1. The summed E-state index contributed by atoms with van der Waals surface area (Å²) >= 11 is 0. The number of benzene rings is 3. The molecule has 0 bridgehead atoms. The van der Waals surface area contributed by atoms with Crippen LogP contribution in [0, 0.1) is 12.8 Å². The van der Waals surface area contributed by atoms with Gasteiger partial charge in [0.2, 0.25) is 0 Å². The van der Waals surface area contributed by atoms with Crippen molar-refractivity contribution < 1.29 is 19.7 Å². The summed E-state index contributed by atoms with van der Waals surface area (Å²) in [6.07, 6.45) is 0.903. The number of phenols is 2. The van der Waals surface area contributed by atoms with Gasteiger partial charge in [-0.15, -0.1) is 0 Å². The fourth-order valence-corrected chi connectivity index (χ4v) is 5.18. The molecule has 182 valence electrons. The van der Waals surface area contributed by atoms with Crippen molar-refractivity contribution in [3.05, 3.63) is 82.9 Å². The Hall–Kier alpha value is -3.44. The summed E-state index contributed by atoms with van der Waals surface area (Å²) < 4.78 is 12.5. The van der Waals surface area contributed by atoms with E-state index in [2.05, 4.69) is 18.7 Å². The van der Waals surface area contributed by atoms with Gasteiger partial charge in [0.1, 0.15) is 35.7 Å². The third-order valence-corrected chi connectivity index (χ3v) is 7.31. The summed E-state index contributed by atoms with van der Waals surface area (Å²) in [7, 11) is 0. The van der Waals surface area contributed by atoms with Gasteiger partial charge in [0.15, 0.2) is 0 Å². The van der Waals surface area contributed by atoms with E-state index < -0.39 is 0 Å². The Morgan fingerprint density at radius 2 is 1.77 bits per heavy atom. The predicted molar refractivity (Wildman–Crippen MR) is 139 cm³/mol. The van der Waals surface area contributed by atoms with Gasteiger partial charge < -0.3 is 19.7 Å². The van der Waals surface area contributed by atoms with Crippen LogP contribution in [0.2, 0.25) is 0 Å². The van der Waals surface area contributed by atoms with E-state index in [1.165, 1.54) is 19.5 Å². The van der Waals surface area contributed by atoms with Gasteiger partial charge in [-0.2, -0.15) is 0 Å². The highest BCUT2D eigenvalue weighted by molar-refractivity contribution is 5.96. The van der Waals surface area contributed by atoms with Crippen LogP contribution in [-0.4, -0.2) is 41.4 Å². The van der Waals surface area contributed by atoms with Gasteiger partial charge in [-0.25, -0.2) is 0 Å². The average molecular weight is 472 g/mol. The largest absolute Gasteiger partial charge is 0.508 e. The summed E-state index contributed by atoms with van der Waals surface area (Å²) in [5.41, 5.74) is 5.57. The van der Waals surface area contributed by atoms with E-state index in [0.29, 0.717) is 6.61 Å². The lowest BCUT2D eigenvalue weighted by Crippen LogP contribution is -2.47. The minimum atomic E-state index is -0.352. The highest BCUT2D eigenvalue weighted by Gasteiger charge is 2.31. The minimum Gasteiger partial charge on any atom is -0.508 e. The zero-order valence-corrected chi connectivity index (χ0v) is 20.6. The van der Waals surface area contributed by atoms with Crippen LogP contribution < -0.4 is 9.47 Å². The van der Waals surface area contributed by atoms with Gasteiger partial charge in [-0.05, 0) is 72.9 Å². The van der Waals surface area contributed by atoms with Gasteiger partial charge in [-0.1, -0.05) is 37.6 Å². The van der Waals surface area contributed by atoms with Gasteiger partial charge >= 0.3 is 0 Å². The first-order valence-corrected chi connectivity index (χ1v) is 12.4. The molecule has 0 aliphatic carbocycles. The first-order valence-electron chi connectivity index (χ1n) is 12.4. The van der Waals surface area contributed by atoms with Crippen molar-refractivity contribution in [3.63, 3.8) is 0 Å². The molecule has 2 aliphatic rings. The Labute approximate surface area is 207 Å². The summed E-state index contributed by atoms with van der Waals surface area (Å²) in [6, 6.07) is 18.8. The van der Waals surface area contributed by atoms with E-state index in [0.717, 1.165) is 57.4 Å². The topological polar surface area (TPSA) is 62.2 Å².